The van der Waals surface area contributed by atoms with E-state index in [1.54, 1.807) is 0 Å². The largest absolute Gasteiger partial charge is 0.508 e. The van der Waals surface area contributed by atoms with Gasteiger partial charge in [0.2, 0.25) is 0 Å². The third-order valence-electron chi connectivity index (χ3n) is 6.14. The molecule has 3 nitrogen and oxygen atoms in total. The molecule has 27 heavy (non-hydrogen) atoms. The van der Waals surface area contributed by atoms with Gasteiger partial charge in [-0.1, -0.05) is 53.4 Å². The summed E-state index contributed by atoms with van der Waals surface area (Å²) in [7, 11) is 0. The van der Waals surface area contributed by atoms with Gasteiger partial charge in [0, 0.05) is 17.2 Å². The zero-order valence-corrected chi connectivity index (χ0v) is 17.9. The molecule has 1 aromatic carbocycles. The van der Waals surface area contributed by atoms with Crippen molar-refractivity contribution in [2.45, 2.75) is 105 Å². The number of unbranched alkanes of at least 4 members (excludes halogenated alkanes) is 4. The molecule has 0 radical (unpaired) electrons. The van der Waals surface area contributed by atoms with E-state index in [9.17, 15) is 15.3 Å². The van der Waals surface area contributed by atoms with Crippen molar-refractivity contribution >= 4 is 0 Å². The van der Waals surface area contributed by atoms with Crippen LogP contribution in [0.3, 0.4) is 0 Å². The molecule has 0 spiro atoms. The van der Waals surface area contributed by atoms with Crippen molar-refractivity contribution in [1.82, 2.24) is 0 Å². The molecule has 3 heteroatoms. The number of benzene rings is 1. The van der Waals surface area contributed by atoms with Crippen molar-refractivity contribution in [2.75, 3.05) is 0 Å². The van der Waals surface area contributed by atoms with Crippen molar-refractivity contribution in [3.05, 3.63) is 17.2 Å². The highest BCUT2D eigenvalue weighted by atomic mass is 16.3. The van der Waals surface area contributed by atoms with Gasteiger partial charge in [0.1, 0.15) is 5.75 Å². The van der Waals surface area contributed by atoms with E-state index in [-0.39, 0.29) is 17.2 Å². The molecule has 1 saturated carbocycles. The summed E-state index contributed by atoms with van der Waals surface area (Å²) >= 11 is 0. The molecule has 1 aromatic rings. The number of aromatic hydroxyl groups is 3. The summed E-state index contributed by atoms with van der Waals surface area (Å²) in [4.78, 5) is 0. The van der Waals surface area contributed by atoms with E-state index >= 15 is 0 Å². The SMILES string of the molecule is CC(C)(C)CCCCCc1c(O)c(O)cc(O)c1CCCCCC1(C)CC1. The van der Waals surface area contributed by atoms with Gasteiger partial charge in [-0.3, -0.25) is 0 Å². The first-order chi connectivity index (χ1) is 12.6. The third kappa shape index (κ3) is 7.27. The van der Waals surface area contributed by atoms with Crippen molar-refractivity contribution in [1.29, 1.82) is 0 Å². The summed E-state index contributed by atoms with van der Waals surface area (Å²) in [6.07, 6.45) is 13.4. The molecule has 1 aliphatic rings. The molecule has 0 amide bonds. The number of rotatable bonds is 11. The normalized spacial score (nSPS) is 15.9. The number of phenolic OH excluding ortho intramolecular Hbond substituents is 3. The number of hydrogen-bond acceptors (Lipinski definition) is 3. The van der Waals surface area contributed by atoms with Gasteiger partial charge < -0.3 is 15.3 Å². The van der Waals surface area contributed by atoms with Crippen LogP contribution < -0.4 is 0 Å². The predicted octanol–water partition coefficient (Wildman–Crippen LogP) is 6.86. The Kier molecular flexibility index (Phi) is 7.47. The Morgan fingerprint density at radius 1 is 0.815 bits per heavy atom. The van der Waals surface area contributed by atoms with Crippen molar-refractivity contribution < 1.29 is 15.3 Å². The molecule has 3 N–H and O–H groups in total. The van der Waals surface area contributed by atoms with E-state index in [1.807, 2.05) is 0 Å². The lowest BCUT2D eigenvalue weighted by atomic mass is 9.88. The lowest BCUT2D eigenvalue weighted by Gasteiger charge is -2.18. The van der Waals surface area contributed by atoms with Gasteiger partial charge in [0.15, 0.2) is 11.5 Å². The monoisotopic (exact) mass is 376 g/mol. The average molecular weight is 377 g/mol. The Hall–Kier alpha value is -1.38. The fraction of sp³-hybridized carbons (Fsp3) is 0.750. The molecule has 0 atom stereocenters. The van der Waals surface area contributed by atoms with E-state index in [0.717, 1.165) is 43.2 Å². The fourth-order valence-electron chi connectivity index (χ4n) is 3.91. The molecule has 1 fully saturated rings. The van der Waals surface area contributed by atoms with Crippen LogP contribution in [0.25, 0.3) is 0 Å². The maximum absolute atomic E-state index is 10.3. The van der Waals surface area contributed by atoms with Crippen LogP contribution in [0.1, 0.15) is 103 Å². The summed E-state index contributed by atoms with van der Waals surface area (Å²) in [5.41, 5.74) is 2.54. The molecule has 0 saturated heterocycles. The van der Waals surface area contributed by atoms with Crippen LogP contribution in [-0.2, 0) is 12.8 Å². The van der Waals surface area contributed by atoms with E-state index in [2.05, 4.69) is 27.7 Å². The van der Waals surface area contributed by atoms with Gasteiger partial charge in [-0.25, -0.2) is 0 Å². The van der Waals surface area contributed by atoms with Gasteiger partial charge in [-0.15, -0.1) is 0 Å². The van der Waals surface area contributed by atoms with Crippen LogP contribution in [-0.4, -0.2) is 15.3 Å². The summed E-state index contributed by atoms with van der Waals surface area (Å²) in [5.74, 6) is -0.115. The first-order valence-electron chi connectivity index (χ1n) is 10.9. The smallest absolute Gasteiger partial charge is 0.161 e. The van der Waals surface area contributed by atoms with Gasteiger partial charge in [-0.2, -0.15) is 0 Å². The Balaban J connectivity index is 1.87. The molecular formula is C24H40O3. The maximum atomic E-state index is 10.3. The molecule has 0 bridgehead atoms. The van der Waals surface area contributed by atoms with Crippen LogP contribution in [0.5, 0.6) is 17.2 Å². The predicted molar refractivity (Wildman–Crippen MR) is 113 cm³/mol. The second kappa shape index (κ2) is 9.21. The molecule has 0 aromatic heterocycles. The van der Waals surface area contributed by atoms with Crippen LogP contribution in [0, 0.1) is 10.8 Å². The van der Waals surface area contributed by atoms with Crippen LogP contribution >= 0.6 is 0 Å². The average Bonchev–Trinajstić information content (AvgIpc) is 3.30. The second-order valence-electron chi connectivity index (χ2n) is 10.2. The summed E-state index contributed by atoms with van der Waals surface area (Å²) in [6, 6.07) is 1.29. The number of hydrogen-bond donors (Lipinski definition) is 3. The summed E-state index contributed by atoms with van der Waals surface area (Å²) < 4.78 is 0. The summed E-state index contributed by atoms with van der Waals surface area (Å²) in [6.45, 7) is 9.14. The van der Waals surface area contributed by atoms with E-state index in [0.29, 0.717) is 17.3 Å². The maximum Gasteiger partial charge on any atom is 0.161 e. The lowest BCUT2D eigenvalue weighted by molar-refractivity contribution is 0.357. The summed E-state index contributed by atoms with van der Waals surface area (Å²) in [5, 5.41) is 30.6. The minimum absolute atomic E-state index is 0.0379. The van der Waals surface area contributed by atoms with E-state index in [1.165, 1.54) is 44.6 Å². The Labute approximate surface area is 165 Å². The first kappa shape index (κ1) is 21.9. The fourth-order valence-corrected chi connectivity index (χ4v) is 3.91. The molecule has 2 rings (SSSR count). The topological polar surface area (TPSA) is 60.7 Å². The minimum atomic E-state index is -0.206. The van der Waals surface area contributed by atoms with E-state index < -0.39 is 0 Å². The van der Waals surface area contributed by atoms with Crippen molar-refractivity contribution in [2.24, 2.45) is 10.8 Å². The quantitative estimate of drug-likeness (QED) is 0.225. The standard InChI is InChI=1S/C24H40O3/c1-23(2,3)13-9-5-8-12-19-18(20(25)17-21(26)22(19)27)11-7-6-10-14-24(4)15-16-24/h17,25-27H,5-16H2,1-4H3. The minimum Gasteiger partial charge on any atom is -0.508 e. The zero-order valence-electron chi connectivity index (χ0n) is 17.9. The van der Waals surface area contributed by atoms with Crippen LogP contribution in [0.2, 0.25) is 0 Å². The van der Waals surface area contributed by atoms with Crippen molar-refractivity contribution in [3.8, 4) is 17.2 Å². The van der Waals surface area contributed by atoms with Gasteiger partial charge in [0.25, 0.3) is 0 Å². The molecule has 1 aliphatic carbocycles. The molecule has 0 aliphatic heterocycles. The van der Waals surface area contributed by atoms with Gasteiger partial charge in [0.05, 0.1) is 0 Å². The second-order valence-corrected chi connectivity index (χ2v) is 10.2. The molecule has 154 valence electrons. The Bertz CT molecular complexity index is 609. The van der Waals surface area contributed by atoms with Crippen LogP contribution in [0.4, 0.5) is 0 Å². The first-order valence-corrected chi connectivity index (χ1v) is 10.9. The lowest BCUT2D eigenvalue weighted by Crippen LogP contribution is -2.04. The highest BCUT2D eigenvalue weighted by molar-refractivity contribution is 5.55. The van der Waals surface area contributed by atoms with Crippen LogP contribution in [0.15, 0.2) is 6.07 Å². The zero-order chi connectivity index (χ0) is 20.1. The Morgan fingerprint density at radius 2 is 1.41 bits per heavy atom. The molecule has 0 unspecified atom stereocenters. The Morgan fingerprint density at radius 3 is 2.00 bits per heavy atom. The van der Waals surface area contributed by atoms with Gasteiger partial charge >= 0.3 is 0 Å². The third-order valence-corrected chi connectivity index (χ3v) is 6.14. The molecular weight excluding hydrogens is 336 g/mol. The highest BCUT2D eigenvalue weighted by Crippen LogP contribution is 2.49. The highest BCUT2D eigenvalue weighted by Gasteiger charge is 2.35. The number of phenols is 3. The van der Waals surface area contributed by atoms with Gasteiger partial charge in [-0.05, 0) is 62.2 Å². The van der Waals surface area contributed by atoms with E-state index in [4.69, 9.17) is 0 Å². The molecule has 0 heterocycles. The van der Waals surface area contributed by atoms with Crippen molar-refractivity contribution in [3.63, 3.8) is 0 Å².